The van der Waals surface area contributed by atoms with Crippen molar-refractivity contribution >= 4 is 11.6 Å². The van der Waals surface area contributed by atoms with Gasteiger partial charge in [0.25, 0.3) is 5.91 Å². The lowest BCUT2D eigenvalue weighted by Crippen LogP contribution is -2.21. The Morgan fingerprint density at radius 2 is 1.88 bits per heavy atom. The highest BCUT2D eigenvalue weighted by Crippen LogP contribution is 2.15. The molecule has 122 valence electrons. The van der Waals surface area contributed by atoms with Gasteiger partial charge in [0.2, 0.25) is 0 Å². The molecule has 0 fully saturated rings. The maximum Gasteiger partial charge on any atom is 0.267 e. The van der Waals surface area contributed by atoms with Crippen LogP contribution in [0.25, 0.3) is 0 Å². The first kappa shape index (κ1) is 17.1. The van der Waals surface area contributed by atoms with E-state index in [2.05, 4.69) is 5.32 Å². The van der Waals surface area contributed by atoms with Gasteiger partial charge in [0, 0.05) is 25.0 Å². The number of hydrogen-bond donors (Lipinski definition) is 2. The Labute approximate surface area is 141 Å². The van der Waals surface area contributed by atoms with Crippen LogP contribution in [0.1, 0.15) is 12.5 Å². The van der Waals surface area contributed by atoms with Crippen LogP contribution in [-0.4, -0.2) is 22.5 Å². The van der Waals surface area contributed by atoms with E-state index in [1.54, 1.807) is 18.3 Å². The molecule has 24 heavy (non-hydrogen) atoms. The molecule has 2 N–H and O–H groups in total. The number of benzene rings is 2. The molecule has 0 saturated carbocycles. The molecule has 0 spiro atoms. The summed E-state index contributed by atoms with van der Waals surface area (Å²) in [5.74, 6) is -0.362. The second kappa shape index (κ2) is 8.39. The Hall–Kier alpha value is -3.26. The van der Waals surface area contributed by atoms with Crippen LogP contribution < -0.4 is 5.32 Å². The van der Waals surface area contributed by atoms with Gasteiger partial charge >= 0.3 is 0 Å². The molecule has 0 bridgehead atoms. The van der Waals surface area contributed by atoms with Gasteiger partial charge in [-0.15, -0.1) is 0 Å². The lowest BCUT2D eigenvalue weighted by Gasteiger charge is -2.19. The highest BCUT2D eigenvalue weighted by atomic mass is 16.3. The number of aromatic hydroxyl groups is 1. The maximum atomic E-state index is 12.2. The number of phenols is 1. The van der Waals surface area contributed by atoms with Crippen LogP contribution in [0.15, 0.2) is 66.4 Å². The summed E-state index contributed by atoms with van der Waals surface area (Å²) in [5, 5.41) is 21.2. The van der Waals surface area contributed by atoms with E-state index in [0.29, 0.717) is 18.8 Å². The first-order chi connectivity index (χ1) is 11.6. The fourth-order valence-corrected chi connectivity index (χ4v) is 2.13. The Bertz CT molecular complexity index is 746. The average molecular weight is 321 g/mol. The van der Waals surface area contributed by atoms with E-state index in [-0.39, 0.29) is 11.3 Å². The second-order valence-corrected chi connectivity index (χ2v) is 5.20. The molecule has 1 amide bonds. The lowest BCUT2D eigenvalue weighted by atomic mass is 10.2. The van der Waals surface area contributed by atoms with Crippen molar-refractivity contribution in [3.63, 3.8) is 0 Å². The van der Waals surface area contributed by atoms with E-state index >= 15 is 0 Å². The first-order valence-corrected chi connectivity index (χ1v) is 7.62. The molecule has 0 radical (unpaired) electrons. The van der Waals surface area contributed by atoms with Crippen molar-refractivity contribution < 1.29 is 9.90 Å². The van der Waals surface area contributed by atoms with Gasteiger partial charge in [-0.3, -0.25) is 4.79 Å². The number of nitriles is 1. The van der Waals surface area contributed by atoms with Crippen LogP contribution in [-0.2, 0) is 11.3 Å². The van der Waals surface area contributed by atoms with Crippen molar-refractivity contribution in [1.82, 2.24) is 4.90 Å². The van der Waals surface area contributed by atoms with Crippen molar-refractivity contribution in [2.75, 3.05) is 11.9 Å². The zero-order valence-corrected chi connectivity index (χ0v) is 13.4. The number of amides is 1. The number of anilines is 1. The molecule has 0 aliphatic heterocycles. The van der Waals surface area contributed by atoms with Crippen molar-refractivity contribution in [3.05, 3.63) is 71.9 Å². The largest absolute Gasteiger partial charge is 0.508 e. The number of carbonyl (C=O) groups excluding carboxylic acids is 1. The van der Waals surface area contributed by atoms with Crippen LogP contribution in [0.5, 0.6) is 5.75 Å². The maximum absolute atomic E-state index is 12.2. The predicted octanol–water partition coefficient (Wildman–Crippen LogP) is 3.26. The SMILES string of the molecule is CCN(/C=C(/C#N)C(=O)Nc1ccc(O)cc1)Cc1ccccc1. The molecule has 0 aliphatic rings. The topological polar surface area (TPSA) is 76.4 Å². The molecule has 5 nitrogen and oxygen atoms in total. The molecule has 0 aromatic heterocycles. The molecule has 0 saturated heterocycles. The zero-order valence-electron chi connectivity index (χ0n) is 13.4. The molecule has 0 heterocycles. The van der Waals surface area contributed by atoms with Crippen molar-refractivity contribution in [2.45, 2.75) is 13.5 Å². The van der Waals surface area contributed by atoms with Gasteiger partial charge in [-0.2, -0.15) is 5.26 Å². The molecule has 2 rings (SSSR count). The third-order valence-electron chi connectivity index (χ3n) is 3.44. The summed E-state index contributed by atoms with van der Waals surface area (Å²) in [6.07, 6.45) is 1.57. The van der Waals surface area contributed by atoms with E-state index in [1.807, 2.05) is 48.2 Å². The standard InChI is InChI=1S/C19H19N3O2/c1-2-22(13-15-6-4-3-5-7-15)14-16(12-20)19(24)21-17-8-10-18(23)11-9-17/h3-11,14,23H,2,13H2,1H3,(H,21,24)/b16-14-. The fourth-order valence-electron chi connectivity index (χ4n) is 2.13. The average Bonchev–Trinajstić information content (AvgIpc) is 2.61. The summed E-state index contributed by atoms with van der Waals surface area (Å²) in [5.41, 5.74) is 1.65. The number of phenolic OH excluding ortho intramolecular Hbond substituents is 1. The van der Waals surface area contributed by atoms with Crippen LogP contribution in [0.4, 0.5) is 5.69 Å². The summed E-state index contributed by atoms with van der Waals surface area (Å²) in [7, 11) is 0. The van der Waals surface area contributed by atoms with E-state index in [0.717, 1.165) is 5.56 Å². The summed E-state index contributed by atoms with van der Waals surface area (Å²) in [6.45, 7) is 3.26. The summed E-state index contributed by atoms with van der Waals surface area (Å²) in [6, 6.07) is 17.9. The monoisotopic (exact) mass is 321 g/mol. The molecule has 2 aromatic carbocycles. The number of carbonyl (C=O) groups is 1. The van der Waals surface area contributed by atoms with Crippen molar-refractivity contribution in [2.24, 2.45) is 0 Å². The van der Waals surface area contributed by atoms with E-state index < -0.39 is 5.91 Å². The minimum Gasteiger partial charge on any atom is -0.508 e. The molecular formula is C19H19N3O2. The minimum atomic E-state index is -0.477. The zero-order chi connectivity index (χ0) is 17.4. The Morgan fingerprint density at radius 1 is 1.21 bits per heavy atom. The van der Waals surface area contributed by atoms with E-state index in [1.165, 1.54) is 12.1 Å². The molecular weight excluding hydrogens is 302 g/mol. The summed E-state index contributed by atoms with van der Waals surface area (Å²) >= 11 is 0. The molecule has 5 heteroatoms. The van der Waals surface area contributed by atoms with Gasteiger partial charge < -0.3 is 15.3 Å². The van der Waals surface area contributed by atoms with Crippen molar-refractivity contribution in [3.8, 4) is 11.8 Å². The normalized spacial score (nSPS) is 10.8. The number of rotatable bonds is 6. The fraction of sp³-hybridized carbons (Fsp3) is 0.158. The third kappa shape index (κ3) is 4.89. The Kier molecular flexibility index (Phi) is 5.98. The lowest BCUT2D eigenvalue weighted by molar-refractivity contribution is -0.112. The van der Waals surface area contributed by atoms with Gasteiger partial charge in [-0.05, 0) is 36.8 Å². The number of nitrogens with zero attached hydrogens (tertiary/aromatic N) is 2. The highest BCUT2D eigenvalue weighted by molar-refractivity contribution is 6.06. The van der Waals surface area contributed by atoms with Gasteiger partial charge in [0.05, 0.1) is 0 Å². The first-order valence-electron chi connectivity index (χ1n) is 7.62. The van der Waals surface area contributed by atoms with Gasteiger partial charge in [0.15, 0.2) is 0 Å². The minimum absolute atomic E-state index is 0.0286. The van der Waals surface area contributed by atoms with E-state index in [9.17, 15) is 15.2 Å². The number of hydrogen-bond acceptors (Lipinski definition) is 4. The second-order valence-electron chi connectivity index (χ2n) is 5.20. The van der Waals surface area contributed by atoms with Crippen LogP contribution in [0, 0.1) is 11.3 Å². The van der Waals surface area contributed by atoms with Crippen LogP contribution in [0.2, 0.25) is 0 Å². The van der Waals surface area contributed by atoms with Crippen LogP contribution >= 0.6 is 0 Å². The third-order valence-corrected chi connectivity index (χ3v) is 3.44. The van der Waals surface area contributed by atoms with Gasteiger partial charge in [-0.1, -0.05) is 30.3 Å². The molecule has 2 aromatic rings. The quantitative estimate of drug-likeness (QED) is 0.486. The highest BCUT2D eigenvalue weighted by Gasteiger charge is 2.11. The Balaban J connectivity index is 2.09. The van der Waals surface area contributed by atoms with E-state index in [4.69, 9.17) is 0 Å². The van der Waals surface area contributed by atoms with Crippen molar-refractivity contribution in [1.29, 1.82) is 5.26 Å². The smallest absolute Gasteiger partial charge is 0.267 e. The van der Waals surface area contributed by atoms with Crippen LogP contribution in [0.3, 0.4) is 0 Å². The summed E-state index contributed by atoms with van der Waals surface area (Å²) < 4.78 is 0. The summed E-state index contributed by atoms with van der Waals surface area (Å²) in [4.78, 5) is 14.1. The Morgan fingerprint density at radius 3 is 2.46 bits per heavy atom. The molecule has 0 unspecified atom stereocenters. The van der Waals surface area contributed by atoms with Gasteiger partial charge in [-0.25, -0.2) is 0 Å². The molecule has 0 atom stereocenters. The predicted molar refractivity (Wildman–Crippen MR) is 93.0 cm³/mol. The van der Waals surface area contributed by atoms with Gasteiger partial charge in [0.1, 0.15) is 17.4 Å². The number of nitrogens with one attached hydrogen (secondary N) is 1. The molecule has 0 aliphatic carbocycles.